The van der Waals surface area contributed by atoms with E-state index in [1.807, 2.05) is 12.1 Å². The molecule has 0 amide bonds. The summed E-state index contributed by atoms with van der Waals surface area (Å²) in [5.74, 6) is 0. The zero-order valence-corrected chi connectivity index (χ0v) is 24.3. The largest absolute Gasteiger partial charge is 0.336 e. The molecule has 0 saturated carbocycles. The molecule has 0 radical (unpaired) electrons. The van der Waals surface area contributed by atoms with Crippen LogP contribution in [-0.4, -0.2) is 5.54 Å². The van der Waals surface area contributed by atoms with Gasteiger partial charge in [-0.3, -0.25) is 0 Å². The molecule has 1 heteroatoms. The number of nitrogens with zero attached hydrogens (tertiary/aromatic N) is 1. The van der Waals surface area contributed by atoms with E-state index in [4.69, 9.17) is 4.11 Å². The molecule has 5 aromatic carbocycles. The van der Waals surface area contributed by atoms with Gasteiger partial charge >= 0.3 is 0 Å². The molecule has 1 nitrogen and oxygen atoms in total. The molecule has 6 rings (SSSR count). The van der Waals surface area contributed by atoms with Gasteiger partial charge in [0.05, 0.1) is 0 Å². The third-order valence-corrected chi connectivity index (χ3v) is 8.39. The van der Waals surface area contributed by atoms with Crippen LogP contribution in [0.2, 0.25) is 0 Å². The molecule has 0 atom stereocenters. The van der Waals surface area contributed by atoms with E-state index in [0.29, 0.717) is 5.56 Å². The highest BCUT2D eigenvalue weighted by molar-refractivity contribution is 5.86. The molecule has 200 valence electrons. The molecule has 5 aromatic rings. The van der Waals surface area contributed by atoms with Crippen molar-refractivity contribution in [2.24, 2.45) is 0 Å². The summed E-state index contributed by atoms with van der Waals surface area (Å²) >= 11 is 0. The molecule has 1 aliphatic carbocycles. The topological polar surface area (TPSA) is 3.24 Å². The van der Waals surface area contributed by atoms with Gasteiger partial charge in [-0.2, -0.15) is 0 Å². The summed E-state index contributed by atoms with van der Waals surface area (Å²) < 4.78 is 25.4. The molecule has 0 aromatic heterocycles. The average Bonchev–Trinajstić information content (AvgIpc) is 3.19. The number of benzene rings is 5. The van der Waals surface area contributed by atoms with E-state index in [0.717, 1.165) is 33.6 Å². The van der Waals surface area contributed by atoms with Crippen molar-refractivity contribution in [2.75, 3.05) is 4.90 Å². The first kappa shape index (κ1) is 22.7. The Morgan fingerprint density at radius 2 is 1.27 bits per heavy atom. The van der Waals surface area contributed by atoms with Crippen molar-refractivity contribution in [3.05, 3.63) is 131 Å². The Bertz CT molecular complexity index is 1810. The maximum atomic E-state index is 8.46. The molecule has 1 aliphatic rings. The number of anilines is 2. The van der Waals surface area contributed by atoms with Crippen LogP contribution < -0.4 is 4.90 Å². The van der Waals surface area contributed by atoms with Gasteiger partial charge in [0.1, 0.15) is 0 Å². The predicted molar refractivity (Wildman–Crippen MR) is 173 cm³/mol. The van der Waals surface area contributed by atoms with E-state index in [-0.39, 0.29) is 11.0 Å². The Morgan fingerprint density at radius 1 is 0.600 bits per heavy atom. The summed E-state index contributed by atoms with van der Waals surface area (Å²) in [4.78, 5) is 2.38. The quantitative estimate of drug-likeness (QED) is 0.226. The van der Waals surface area contributed by atoms with Crippen LogP contribution in [-0.2, 0) is 5.41 Å². The Balaban J connectivity index is 1.47. The molecule has 0 spiro atoms. The standard InChI is InChI=1S/C39H39N/c1-26-17-18-30(28-13-9-8-10-14-28)24-37(26)40(38(3,4)5)31-21-19-29(20-22-31)33-25-34-32-15-11-12-16-35(32)39(6,7)36(34)23-27(33)2/h8-25H,1-7H3/i2D3. The number of aryl methyl sites for hydroxylation is 2. The number of hydrogen-bond acceptors (Lipinski definition) is 1. The molecule has 0 aliphatic heterocycles. The third-order valence-electron chi connectivity index (χ3n) is 8.39. The first-order valence-electron chi connectivity index (χ1n) is 15.6. The fourth-order valence-corrected chi connectivity index (χ4v) is 6.32. The normalized spacial score (nSPS) is 15.0. The smallest absolute Gasteiger partial charge is 0.0451 e. The van der Waals surface area contributed by atoms with Gasteiger partial charge in [-0.05, 0) is 114 Å². The first-order chi connectivity index (χ1) is 20.3. The Morgan fingerprint density at radius 3 is 1.98 bits per heavy atom. The van der Waals surface area contributed by atoms with E-state index in [1.54, 1.807) is 0 Å². The minimum atomic E-state index is -2.24. The lowest BCUT2D eigenvalue weighted by molar-refractivity contribution is 0.559. The maximum absolute atomic E-state index is 8.46. The fourth-order valence-electron chi connectivity index (χ4n) is 6.32. The van der Waals surface area contributed by atoms with Crippen molar-refractivity contribution in [2.45, 2.75) is 59.3 Å². The van der Waals surface area contributed by atoms with Gasteiger partial charge in [0.2, 0.25) is 0 Å². The summed E-state index contributed by atoms with van der Waals surface area (Å²) in [5.41, 5.74) is 12.0. The van der Waals surface area contributed by atoms with Crippen LogP contribution in [0.3, 0.4) is 0 Å². The van der Waals surface area contributed by atoms with Crippen molar-refractivity contribution in [3.63, 3.8) is 0 Å². The van der Waals surface area contributed by atoms with Crippen LogP contribution in [0.4, 0.5) is 11.4 Å². The van der Waals surface area contributed by atoms with Crippen molar-refractivity contribution < 1.29 is 4.11 Å². The lowest BCUT2D eigenvalue weighted by Crippen LogP contribution is -2.38. The molecule has 40 heavy (non-hydrogen) atoms. The molecular weight excluding hydrogens is 482 g/mol. The summed E-state index contributed by atoms with van der Waals surface area (Å²) in [6.45, 7) is 11.0. The van der Waals surface area contributed by atoms with Crippen LogP contribution in [0, 0.1) is 13.8 Å². The number of rotatable bonds is 4. The lowest BCUT2D eigenvalue weighted by atomic mass is 9.81. The summed E-state index contributed by atoms with van der Waals surface area (Å²) in [7, 11) is 0. The van der Waals surface area contributed by atoms with Crippen LogP contribution in [0.1, 0.15) is 61.0 Å². The van der Waals surface area contributed by atoms with E-state index < -0.39 is 6.85 Å². The highest BCUT2D eigenvalue weighted by atomic mass is 15.2. The number of fused-ring (bicyclic) bond motifs is 3. The molecule has 0 heterocycles. The van der Waals surface area contributed by atoms with Crippen molar-refractivity contribution in [1.82, 2.24) is 0 Å². The van der Waals surface area contributed by atoms with Gasteiger partial charge in [-0.1, -0.05) is 98.8 Å². The second-order valence-electron chi connectivity index (χ2n) is 12.5. The molecule has 0 fully saturated rings. The fraction of sp³-hybridized carbons (Fsp3) is 0.231. The monoisotopic (exact) mass is 524 g/mol. The van der Waals surface area contributed by atoms with Crippen LogP contribution in [0.5, 0.6) is 0 Å². The zero-order chi connectivity index (χ0) is 30.7. The molecule has 0 unspecified atom stereocenters. The number of hydrogen-bond donors (Lipinski definition) is 0. The molecule has 0 saturated heterocycles. The van der Waals surface area contributed by atoms with Crippen LogP contribution in [0.15, 0.2) is 109 Å². The van der Waals surface area contributed by atoms with E-state index in [1.165, 1.54) is 27.8 Å². The van der Waals surface area contributed by atoms with Crippen LogP contribution >= 0.6 is 0 Å². The zero-order valence-electron chi connectivity index (χ0n) is 27.3. The van der Waals surface area contributed by atoms with Gasteiger partial charge in [0.25, 0.3) is 0 Å². The Kier molecular flexibility index (Phi) is 5.40. The highest BCUT2D eigenvalue weighted by Crippen LogP contribution is 2.50. The second kappa shape index (κ2) is 9.52. The van der Waals surface area contributed by atoms with E-state index >= 15 is 0 Å². The predicted octanol–water partition coefficient (Wildman–Crippen LogP) is 10.9. The van der Waals surface area contributed by atoms with Gasteiger partial charge in [-0.25, -0.2) is 0 Å². The molecular formula is C39H39N. The lowest BCUT2D eigenvalue weighted by Gasteiger charge is -2.39. The Hall–Kier alpha value is -4.10. The molecule has 0 N–H and O–H groups in total. The van der Waals surface area contributed by atoms with Crippen LogP contribution in [0.25, 0.3) is 33.4 Å². The second-order valence-corrected chi connectivity index (χ2v) is 12.5. The summed E-state index contributed by atoms with van der Waals surface area (Å²) in [5, 5.41) is 0. The highest BCUT2D eigenvalue weighted by Gasteiger charge is 2.35. The van der Waals surface area contributed by atoms with E-state index in [2.05, 4.69) is 144 Å². The maximum Gasteiger partial charge on any atom is 0.0451 e. The SMILES string of the molecule is [2H]C([2H])([2H])c1cc2c(cc1-c1ccc(N(c3cc(-c4ccccc4)ccc3C)C(C)(C)C)cc1)-c1ccccc1C2(C)C. The average molecular weight is 525 g/mol. The van der Waals surface area contributed by atoms with Gasteiger partial charge in [-0.15, -0.1) is 0 Å². The minimum Gasteiger partial charge on any atom is -0.336 e. The van der Waals surface area contributed by atoms with Gasteiger partial charge in [0, 0.05) is 26.4 Å². The van der Waals surface area contributed by atoms with Crippen molar-refractivity contribution >= 4 is 11.4 Å². The van der Waals surface area contributed by atoms with Crippen molar-refractivity contribution in [1.29, 1.82) is 0 Å². The van der Waals surface area contributed by atoms with Gasteiger partial charge < -0.3 is 4.90 Å². The summed E-state index contributed by atoms with van der Waals surface area (Å²) in [6.07, 6.45) is 0. The molecule has 0 bridgehead atoms. The van der Waals surface area contributed by atoms with Gasteiger partial charge in [0.15, 0.2) is 0 Å². The third kappa shape index (κ3) is 4.34. The van der Waals surface area contributed by atoms with E-state index in [9.17, 15) is 0 Å². The Labute approximate surface area is 244 Å². The first-order valence-corrected chi connectivity index (χ1v) is 14.1. The minimum absolute atomic E-state index is 0.200. The van der Waals surface area contributed by atoms with Crippen molar-refractivity contribution in [3.8, 4) is 33.4 Å². The summed E-state index contributed by atoms with van der Waals surface area (Å²) in [6, 6.07) is 38.0.